The summed E-state index contributed by atoms with van der Waals surface area (Å²) in [6, 6.07) is 12.4. The second-order valence-electron chi connectivity index (χ2n) is 7.73. The van der Waals surface area contributed by atoms with Crippen LogP contribution in [0.25, 0.3) is 0 Å². The van der Waals surface area contributed by atoms with Gasteiger partial charge in [0.05, 0.1) is 7.11 Å². The van der Waals surface area contributed by atoms with E-state index in [0.717, 1.165) is 22.3 Å². The maximum absolute atomic E-state index is 13.4. The summed E-state index contributed by atoms with van der Waals surface area (Å²) in [6.45, 7) is 3.07. The number of aliphatic hydroxyl groups is 2. The molecular weight excluding hydrogens is 357 g/mol. The van der Waals surface area contributed by atoms with Crippen molar-refractivity contribution in [2.45, 2.75) is 37.5 Å². The third kappa shape index (κ3) is 3.24. The molecule has 0 fully saturated rings. The highest BCUT2D eigenvalue weighted by Crippen LogP contribution is 2.52. The van der Waals surface area contributed by atoms with E-state index in [-0.39, 0.29) is 11.7 Å². The molecule has 3 unspecified atom stereocenters. The molecule has 4 nitrogen and oxygen atoms in total. The third-order valence-corrected chi connectivity index (χ3v) is 6.15. The number of halogens is 1. The zero-order valence-corrected chi connectivity index (χ0v) is 16.2. The Balaban J connectivity index is 1.76. The topological polar surface area (TPSA) is 52.9 Å². The molecule has 1 heterocycles. The molecule has 148 valence electrons. The van der Waals surface area contributed by atoms with Crippen molar-refractivity contribution < 1.29 is 19.3 Å². The quantitative estimate of drug-likeness (QED) is 0.793. The fourth-order valence-electron chi connectivity index (χ4n) is 4.54. The van der Waals surface area contributed by atoms with Gasteiger partial charge in [0.1, 0.15) is 23.4 Å². The average molecular weight is 383 g/mol. The highest BCUT2D eigenvalue weighted by atomic mass is 19.1. The van der Waals surface area contributed by atoms with Crippen molar-refractivity contribution in [3.63, 3.8) is 0 Å². The first kappa shape index (κ1) is 19.1. The van der Waals surface area contributed by atoms with Gasteiger partial charge in [-0.05, 0) is 66.3 Å². The van der Waals surface area contributed by atoms with Gasteiger partial charge in [0.2, 0.25) is 0 Å². The lowest BCUT2D eigenvalue weighted by molar-refractivity contribution is 0.0146. The van der Waals surface area contributed by atoms with E-state index in [0.29, 0.717) is 31.7 Å². The van der Waals surface area contributed by atoms with Gasteiger partial charge >= 0.3 is 0 Å². The Morgan fingerprint density at radius 2 is 1.96 bits per heavy atom. The Morgan fingerprint density at radius 1 is 1.21 bits per heavy atom. The standard InChI is InChI=1S/C23H26FNO3/c1-15(26)25-11-9-17(10-12-25)23(27)14-21(16-3-5-18(24)6-4-16)20-8-7-19(28-2)13-22(20)23/h3-9,13,15,21,26-27H,10-12,14H2,1-2H3. The highest BCUT2D eigenvalue weighted by molar-refractivity contribution is 5.53. The number of methoxy groups -OCH3 is 1. The fourth-order valence-corrected chi connectivity index (χ4v) is 4.54. The van der Waals surface area contributed by atoms with Gasteiger partial charge in [-0.25, -0.2) is 4.39 Å². The summed E-state index contributed by atoms with van der Waals surface area (Å²) in [5.74, 6) is 0.432. The molecule has 0 saturated heterocycles. The van der Waals surface area contributed by atoms with E-state index in [2.05, 4.69) is 0 Å². The average Bonchev–Trinajstić information content (AvgIpc) is 3.02. The minimum absolute atomic E-state index is 0.0119. The summed E-state index contributed by atoms with van der Waals surface area (Å²) < 4.78 is 18.8. The number of rotatable bonds is 4. The first-order valence-corrected chi connectivity index (χ1v) is 9.70. The van der Waals surface area contributed by atoms with Crippen LogP contribution in [0.5, 0.6) is 5.75 Å². The summed E-state index contributed by atoms with van der Waals surface area (Å²) in [4.78, 5) is 1.96. The third-order valence-electron chi connectivity index (χ3n) is 6.15. The lowest BCUT2D eigenvalue weighted by atomic mass is 9.83. The molecule has 0 spiro atoms. The molecule has 0 aromatic heterocycles. The van der Waals surface area contributed by atoms with Gasteiger partial charge in [-0.1, -0.05) is 24.3 Å². The van der Waals surface area contributed by atoms with Crippen molar-refractivity contribution in [1.82, 2.24) is 4.90 Å². The van der Waals surface area contributed by atoms with Crippen molar-refractivity contribution in [3.05, 3.63) is 76.6 Å². The summed E-state index contributed by atoms with van der Waals surface area (Å²) in [5.41, 5.74) is 2.79. The second-order valence-corrected chi connectivity index (χ2v) is 7.73. The highest BCUT2D eigenvalue weighted by Gasteiger charge is 2.46. The Morgan fingerprint density at radius 3 is 2.57 bits per heavy atom. The first-order valence-electron chi connectivity index (χ1n) is 9.70. The van der Waals surface area contributed by atoms with Crippen LogP contribution in [0.2, 0.25) is 0 Å². The lowest BCUT2D eigenvalue weighted by Crippen LogP contribution is -2.39. The Labute approximate surface area is 164 Å². The van der Waals surface area contributed by atoms with Gasteiger partial charge in [-0.15, -0.1) is 0 Å². The molecule has 0 amide bonds. The normalized spacial score (nSPS) is 25.9. The molecule has 1 aliphatic carbocycles. The van der Waals surface area contributed by atoms with Gasteiger partial charge in [-0.2, -0.15) is 0 Å². The number of aliphatic hydroxyl groups excluding tert-OH is 1. The summed E-state index contributed by atoms with van der Waals surface area (Å²) in [6.07, 6.45) is 2.73. The molecule has 3 atom stereocenters. The van der Waals surface area contributed by atoms with Crippen LogP contribution in [0.1, 0.15) is 42.4 Å². The molecular formula is C23H26FNO3. The monoisotopic (exact) mass is 383 g/mol. The van der Waals surface area contributed by atoms with Gasteiger partial charge in [0, 0.05) is 19.0 Å². The molecule has 0 bridgehead atoms. The smallest absolute Gasteiger partial charge is 0.123 e. The van der Waals surface area contributed by atoms with Crippen LogP contribution in [0.4, 0.5) is 4.39 Å². The molecule has 2 N–H and O–H groups in total. The van der Waals surface area contributed by atoms with Crippen LogP contribution in [0, 0.1) is 5.82 Å². The predicted molar refractivity (Wildman–Crippen MR) is 106 cm³/mol. The van der Waals surface area contributed by atoms with E-state index in [1.54, 1.807) is 26.2 Å². The molecule has 0 radical (unpaired) electrons. The van der Waals surface area contributed by atoms with Crippen LogP contribution in [-0.4, -0.2) is 41.5 Å². The van der Waals surface area contributed by atoms with Crippen molar-refractivity contribution in [3.8, 4) is 5.75 Å². The van der Waals surface area contributed by atoms with Crippen molar-refractivity contribution in [1.29, 1.82) is 0 Å². The first-order chi connectivity index (χ1) is 13.4. The molecule has 0 saturated carbocycles. The number of benzene rings is 2. The van der Waals surface area contributed by atoms with Gasteiger partial charge in [-0.3, -0.25) is 4.90 Å². The molecule has 5 heteroatoms. The molecule has 1 aliphatic heterocycles. The summed E-state index contributed by atoms with van der Waals surface area (Å²) in [5, 5.41) is 21.6. The van der Waals surface area contributed by atoms with Gasteiger partial charge < -0.3 is 14.9 Å². The van der Waals surface area contributed by atoms with Crippen LogP contribution in [0.3, 0.4) is 0 Å². The molecule has 4 rings (SSSR count). The van der Waals surface area contributed by atoms with Crippen molar-refractivity contribution in [2.75, 3.05) is 20.2 Å². The Bertz CT molecular complexity index is 893. The number of nitrogens with zero attached hydrogens (tertiary/aromatic N) is 1. The minimum atomic E-state index is -1.09. The molecule has 2 aromatic carbocycles. The van der Waals surface area contributed by atoms with Crippen LogP contribution < -0.4 is 4.74 Å². The Hall–Kier alpha value is -2.21. The number of ether oxygens (including phenoxy) is 1. The van der Waals surface area contributed by atoms with Crippen LogP contribution in [0.15, 0.2) is 54.1 Å². The fraction of sp³-hybridized carbons (Fsp3) is 0.391. The zero-order valence-electron chi connectivity index (χ0n) is 16.2. The summed E-state index contributed by atoms with van der Waals surface area (Å²) in [7, 11) is 1.62. The van der Waals surface area contributed by atoms with E-state index >= 15 is 0 Å². The number of fused-ring (bicyclic) bond motifs is 1. The van der Waals surface area contributed by atoms with Crippen LogP contribution >= 0.6 is 0 Å². The van der Waals surface area contributed by atoms with Crippen molar-refractivity contribution >= 4 is 0 Å². The maximum atomic E-state index is 13.4. The van der Waals surface area contributed by atoms with E-state index < -0.39 is 11.8 Å². The Kier molecular flexibility index (Phi) is 5.00. The van der Waals surface area contributed by atoms with E-state index in [4.69, 9.17) is 4.74 Å². The summed E-state index contributed by atoms with van der Waals surface area (Å²) >= 11 is 0. The van der Waals surface area contributed by atoms with E-state index in [1.165, 1.54) is 12.1 Å². The number of hydrogen-bond acceptors (Lipinski definition) is 4. The van der Waals surface area contributed by atoms with Gasteiger partial charge in [0.25, 0.3) is 0 Å². The predicted octanol–water partition coefficient (Wildman–Crippen LogP) is 3.53. The van der Waals surface area contributed by atoms with Gasteiger partial charge in [0.15, 0.2) is 0 Å². The van der Waals surface area contributed by atoms with E-state index in [1.807, 2.05) is 29.2 Å². The maximum Gasteiger partial charge on any atom is 0.123 e. The molecule has 2 aromatic rings. The zero-order chi connectivity index (χ0) is 19.9. The second kappa shape index (κ2) is 7.32. The largest absolute Gasteiger partial charge is 0.497 e. The molecule has 2 aliphatic rings. The lowest BCUT2D eigenvalue weighted by Gasteiger charge is -2.35. The number of hydrogen-bond donors (Lipinski definition) is 2. The van der Waals surface area contributed by atoms with E-state index in [9.17, 15) is 14.6 Å². The van der Waals surface area contributed by atoms with Crippen LogP contribution in [-0.2, 0) is 5.60 Å². The molecule has 28 heavy (non-hydrogen) atoms. The van der Waals surface area contributed by atoms with Crippen molar-refractivity contribution in [2.24, 2.45) is 0 Å². The SMILES string of the molecule is COc1ccc2c(c1)C(O)(C1=CCN(C(C)O)CC1)CC2c1ccc(F)cc1. The minimum Gasteiger partial charge on any atom is -0.497 e.